The molecule has 7 nitrogen and oxygen atoms in total. The largest absolute Gasteiger partial charge is 0.409 e. The number of rotatable bonds is 2. The van der Waals surface area contributed by atoms with Crippen molar-refractivity contribution in [2.75, 3.05) is 13.1 Å². The summed E-state index contributed by atoms with van der Waals surface area (Å²) >= 11 is 0. The maximum atomic E-state index is 12.7. The van der Waals surface area contributed by atoms with Gasteiger partial charge in [0, 0.05) is 13.1 Å². The van der Waals surface area contributed by atoms with Crippen LogP contribution in [0.3, 0.4) is 0 Å². The first-order valence-corrected chi connectivity index (χ1v) is 6.44. The molecular weight excluding hydrogens is 248 g/mol. The molecule has 106 valence electrons. The molecule has 1 saturated heterocycles. The van der Waals surface area contributed by atoms with Gasteiger partial charge in [0.15, 0.2) is 5.84 Å². The number of carbonyl (C=O) groups excluding carboxylic acids is 2. The molecule has 0 aromatic heterocycles. The number of hydrogen-bond donors (Lipinski definition) is 3. The fourth-order valence-corrected chi connectivity index (χ4v) is 2.72. The van der Waals surface area contributed by atoms with Crippen molar-refractivity contribution in [3.8, 4) is 0 Å². The number of hydrogen-bond acceptors (Lipinski definition) is 4. The highest BCUT2D eigenvalue weighted by Gasteiger charge is 2.54. The van der Waals surface area contributed by atoms with Crippen LogP contribution in [-0.2, 0) is 9.59 Å². The summed E-state index contributed by atoms with van der Waals surface area (Å²) in [5, 5.41) is 14.6. The summed E-state index contributed by atoms with van der Waals surface area (Å²) < 4.78 is 0. The van der Waals surface area contributed by atoms with Crippen molar-refractivity contribution < 1.29 is 14.8 Å². The molecule has 0 aromatic carbocycles. The molecule has 2 fully saturated rings. The Hall–Kier alpha value is -1.79. The summed E-state index contributed by atoms with van der Waals surface area (Å²) in [7, 11) is 0. The molecule has 1 aliphatic carbocycles. The van der Waals surface area contributed by atoms with Gasteiger partial charge in [-0.3, -0.25) is 9.59 Å². The third-order valence-corrected chi connectivity index (χ3v) is 4.31. The van der Waals surface area contributed by atoms with Crippen LogP contribution in [0.5, 0.6) is 0 Å². The van der Waals surface area contributed by atoms with Crippen LogP contribution in [0.2, 0.25) is 0 Å². The normalized spacial score (nSPS) is 25.5. The van der Waals surface area contributed by atoms with Gasteiger partial charge in [0.05, 0.1) is 0 Å². The van der Waals surface area contributed by atoms with Crippen LogP contribution >= 0.6 is 0 Å². The van der Waals surface area contributed by atoms with Crippen molar-refractivity contribution in [2.24, 2.45) is 16.3 Å². The quantitative estimate of drug-likeness (QED) is 0.275. The van der Waals surface area contributed by atoms with Crippen LogP contribution in [0.25, 0.3) is 0 Å². The lowest BCUT2D eigenvalue weighted by molar-refractivity contribution is -0.156. The monoisotopic (exact) mass is 268 g/mol. The van der Waals surface area contributed by atoms with E-state index in [-0.39, 0.29) is 17.6 Å². The number of nitrogens with one attached hydrogen (secondary N) is 1. The Bertz CT molecular complexity index is 440. The third-order valence-electron chi connectivity index (χ3n) is 4.31. The second-order valence-corrected chi connectivity index (χ2v) is 5.69. The highest BCUT2D eigenvalue weighted by Crippen LogP contribution is 2.44. The van der Waals surface area contributed by atoms with Gasteiger partial charge < -0.3 is 21.2 Å². The van der Waals surface area contributed by atoms with Crippen molar-refractivity contribution in [2.45, 2.75) is 38.6 Å². The first-order valence-electron chi connectivity index (χ1n) is 6.44. The van der Waals surface area contributed by atoms with Crippen molar-refractivity contribution in [1.82, 2.24) is 10.2 Å². The first kappa shape index (κ1) is 13.6. The fraction of sp³-hybridized carbons (Fsp3) is 0.750. The Morgan fingerprint density at radius 3 is 2.58 bits per heavy atom. The number of nitrogens with two attached hydrogens (primary N) is 1. The van der Waals surface area contributed by atoms with Crippen LogP contribution in [0, 0.1) is 5.41 Å². The number of oxime groups is 1. The van der Waals surface area contributed by atoms with E-state index in [4.69, 9.17) is 10.9 Å². The van der Waals surface area contributed by atoms with E-state index >= 15 is 0 Å². The van der Waals surface area contributed by atoms with Gasteiger partial charge in [-0.25, -0.2) is 0 Å². The van der Waals surface area contributed by atoms with Gasteiger partial charge in [-0.1, -0.05) is 11.6 Å². The topological polar surface area (TPSA) is 108 Å². The molecule has 19 heavy (non-hydrogen) atoms. The van der Waals surface area contributed by atoms with Crippen LogP contribution in [-0.4, -0.2) is 46.4 Å². The second-order valence-electron chi connectivity index (χ2n) is 5.69. The summed E-state index contributed by atoms with van der Waals surface area (Å²) in [6, 6.07) is 0. The molecule has 1 aliphatic heterocycles. The van der Waals surface area contributed by atoms with Gasteiger partial charge >= 0.3 is 0 Å². The van der Waals surface area contributed by atoms with Crippen molar-refractivity contribution >= 4 is 17.6 Å². The maximum absolute atomic E-state index is 12.7. The first-order chi connectivity index (χ1) is 8.86. The zero-order valence-corrected chi connectivity index (χ0v) is 11.3. The van der Waals surface area contributed by atoms with Gasteiger partial charge in [0.25, 0.3) is 0 Å². The van der Waals surface area contributed by atoms with Gasteiger partial charge in [-0.05, 0) is 26.7 Å². The van der Waals surface area contributed by atoms with E-state index < -0.39 is 11.0 Å². The van der Waals surface area contributed by atoms with Gasteiger partial charge in [0.1, 0.15) is 11.0 Å². The highest BCUT2D eigenvalue weighted by atomic mass is 16.4. The minimum Gasteiger partial charge on any atom is -0.409 e. The highest BCUT2D eigenvalue weighted by molar-refractivity contribution is 6.09. The Morgan fingerprint density at radius 1 is 1.47 bits per heavy atom. The summed E-state index contributed by atoms with van der Waals surface area (Å²) in [6.45, 7) is 4.29. The number of piperazine rings is 1. The standard InChI is InChI=1S/C12H20N4O3/c1-11(2)9(17)14-6-7-16(11)10(18)12(4-3-5-12)8(13)15-19/h19H,3-7H2,1-2H3,(H2,13,15)(H,14,17). The predicted octanol–water partition coefficient (Wildman–Crippen LogP) is -0.360. The van der Waals surface area contributed by atoms with Crippen LogP contribution in [0.4, 0.5) is 0 Å². The molecule has 0 spiro atoms. The molecule has 2 rings (SSSR count). The zero-order valence-electron chi connectivity index (χ0n) is 11.3. The number of nitrogens with zero attached hydrogens (tertiary/aromatic N) is 2. The van der Waals surface area contributed by atoms with Crippen molar-refractivity contribution in [3.05, 3.63) is 0 Å². The molecule has 0 radical (unpaired) electrons. The van der Waals surface area contributed by atoms with Crippen LogP contribution in [0.15, 0.2) is 5.16 Å². The molecular formula is C12H20N4O3. The number of amidine groups is 1. The molecule has 0 bridgehead atoms. The molecule has 1 heterocycles. The Morgan fingerprint density at radius 2 is 2.11 bits per heavy atom. The molecule has 1 saturated carbocycles. The van der Waals surface area contributed by atoms with Crippen LogP contribution < -0.4 is 11.1 Å². The van der Waals surface area contributed by atoms with E-state index in [9.17, 15) is 9.59 Å². The predicted molar refractivity (Wildman–Crippen MR) is 68.5 cm³/mol. The number of amides is 2. The third kappa shape index (κ3) is 1.84. The van der Waals surface area contributed by atoms with Crippen LogP contribution in [0.1, 0.15) is 33.1 Å². The number of carbonyl (C=O) groups is 2. The van der Waals surface area contributed by atoms with E-state index in [0.29, 0.717) is 25.9 Å². The van der Waals surface area contributed by atoms with Gasteiger partial charge in [0.2, 0.25) is 11.8 Å². The molecule has 4 N–H and O–H groups in total. The van der Waals surface area contributed by atoms with E-state index in [0.717, 1.165) is 6.42 Å². The fourth-order valence-electron chi connectivity index (χ4n) is 2.72. The van der Waals surface area contributed by atoms with Crippen molar-refractivity contribution in [3.63, 3.8) is 0 Å². The molecule has 2 amide bonds. The van der Waals surface area contributed by atoms with E-state index in [1.165, 1.54) is 0 Å². The lowest BCUT2D eigenvalue weighted by Gasteiger charge is -2.48. The molecule has 0 aromatic rings. The Balaban J connectivity index is 2.30. The Labute approximate surface area is 111 Å². The molecule has 0 unspecified atom stereocenters. The minimum atomic E-state index is -0.927. The smallest absolute Gasteiger partial charge is 0.245 e. The summed E-state index contributed by atoms with van der Waals surface area (Å²) in [4.78, 5) is 26.2. The molecule has 0 atom stereocenters. The van der Waals surface area contributed by atoms with E-state index in [1.54, 1.807) is 18.7 Å². The van der Waals surface area contributed by atoms with E-state index in [1.807, 2.05) is 0 Å². The van der Waals surface area contributed by atoms with Gasteiger partial charge in [-0.15, -0.1) is 0 Å². The molecule has 2 aliphatic rings. The summed E-state index contributed by atoms with van der Waals surface area (Å²) in [6.07, 6.45) is 1.99. The second kappa shape index (κ2) is 4.40. The zero-order chi connectivity index (χ0) is 14.3. The van der Waals surface area contributed by atoms with Gasteiger partial charge in [-0.2, -0.15) is 0 Å². The lowest BCUT2D eigenvalue weighted by atomic mass is 9.66. The lowest BCUT2D eigenvalue weighted by Crippen LogP contribution is -2.68. The average molecular weight is 268 g/mol. The summed E-state index contributed by atoms with van der Waals surface area (Å²) in [5.74, 6) is -0.444. The Kier molecular flexibility index (Phi) is 3.15. The summed E-state index contributed by atoms with van der Waals surface area (Å²) in [5.41, 5.74) is 3.86. The minimum absolute atomic E-state index is 0.0504. The maximum Gasteiger partial charge on any atom is 0.245 e. The SMILES string of the molecule is CC1(C)C(=O)NCCN1C(=O)C1(C(N)=NO)CCC1. The average Bonchev–Trinajstić information content (AvgIpc) is 2.30. The van der Waals surface area contributed by atoms with Crippen molar-refractivity contribution in [1.29, 1.82) is 0 Å². The molecule has 7 heteroatoms. The van der Waals surface area contributed by atoms with E-state index in [2.05, 4.69) is 10.5 Å².